The second kappa shape index (κ2) is 5.13. The van der Waals surface area contributed by atoms with Crippen molar-refractivity contribution in [1.29, 1.82) is 0 Å². The number of aromatic nitrogens is 2. The number of fused-ring (bicyclic) bond motifs is 1. The fraction of sp³-hybridized carbons (Fsp3) is 0.429. The molecule has 1 fully saturated rings. The third kappa shape index (κ3) is 2.12. The molecule has 3 rings (SSSR count). The first-order valence-electron chi connectivity index (χ1n) is 6.65. The number of rotatable bonds is 3. The van der Waals surface area contributed by atoms with Gasteiger partial charge in [-0.1, -0.05) is 6.07 Å². The second-order valence-corrected chi connectivity index (χ2v) is 4.92. The molecule has 0 aliphatic carbocycles. The summed E-state index contributed by atoms with van der Waals surface area (Å²) in [4.78, 5) is 18.6. The average molecular weight is 275 g/mol. The van der Waals surface area contributed by atoms with E-state index in [4.69, 9.17) is 15.2 Å². The van der Waals surface area contributed by atoms with Gasteiger partial charge in [0.15, 0.2) is 5.82 Å². The molecule has 106 valence electrons. The molecule has 20 heavy (non-hydrogen) atoms. The maximum absolute atomic E-state index is 11.3. The van der Waals surface area contributed by atoms with E-state index in [0.29, 0.717) is 11.7 Å². The van der Waals surface area contributed by atoms with Crippen LogP contribution in [-0.2, 0) is 4.74 Å². The van der Waals surface area contributed by atoms with Gasteiger partial charge < -0.3 is 20.2 Å². The molecule has 0 saturated carbocycles. The van der Waals surface area contributed by atoms with Gasteiger partial charge in [-0.3, -0.25) is 4.79 Å². The molecule has 6 nitrogen and oxygen atoms in total. The van der Waals surface area contributed by atoms with Crippen molar-refractivity contribution in [2.75, 3.05) is 20.3 Å². The quantitative estimate of drug-likeness (QED) is 0.889. The maximum Gasteiger partial charge on any atom is 0.284 e. The minimum absolute atomic E-state index is 0.165. The van der Waals surface area contributed by atoms with Crippen LogP contribution in [0, 0.1) is 0 Å². The number of carbonyl (C=O) groups excluding carboxylic acids is 1. The van der Waals surface area contributed by atoms with E-state index in [1.165, 1.54) is 0 Å². The van der Waals surface area contributed by atoms with Gasteiger partial charge in [0.2, 0.25) is 0 Å². The Balaban J connectivity index is 2.14. The molecule has 0 unspecified atom stereocenters. The van der Waals surface area contributed by atoms with Crippen LogP contribution >= 0.6 is 0 Å². The lowest BCUT2D eigenvalue weighted by atomic mass is 9.90. The molecule has 2 aromatic rings. The van der Waals surface area contributed by atoms with Crippen LogP contribution in [0.4, 0.5) is 0 Å². The molecule has 1 saturated heterocycles. The summed E-state index contributed by atoms with van der Waals surface area (Å²) in [5.74, 6) is 0.649. The maximum atomic E-state index is 11.3. The lowest BCUT2D eigenvalue weighted by Crippen LogP contribution is -2.14. The van der Waals surface area contributed by atoms with Crippen molar-refractivity contribution in [3.8, 4) is 5.75 Å². The average Bonchev–Trinajstić information content (AvgIpc) is 2.92. The molecular formula is C14H17N3O3. The number of carbonyl (C=O) groups is 1. The van der Waals surface area contributed by atoms with E-state index >= 15 is 0 Å². The number of H-pyrrole nitrogens is 1. The van der Waals surface area contributed by atoms with Crippen LogP contribution in [0.2, 0.25) is 0 Å². The number of hydrogen-bond donors (Lipinski definition) is 2. The number of benzene rings is 1. The Morgan fingerprint density at radius 1 is 1.45 bits per heavy atom. The summed E-state index contributed by atoms with van der Waals surface area (Å²) in [6.07, 6.45) is 1.92. The molecule has 2 heterocycles. The largest absolute Gasteiger partial charge is 0.494 e. The number of amides is 1. The van der Waals surface area contributed by atoms with E-state index in [-0.39, 0.29) is 5.82 Å². The van der Waals surface area contributed by atoms with Crippen molar-refractivity contribution in [2.24, 2.45) is 5.73 Å². The van der Waals surface area contributed by atoms with Crippen LogP contribution < -0.4 is 10.5 Å². The van der Waals surface area contributed by atoms with Gasteiger partial charge in [-0.05, 0) is 30.4 Å². The molecular weight excluding hydrogens is 258 g/mol. The van der Waals surface area contributed by atoms with E-state index in [1.54, 1.807) is 7.11 Å². The fourth-order valence-corrected chi connectivity index (χ4v) is 2.71. The van der Waals surface area contributed by atoms with Gasteiger partial charge in [0, 0.05) is 13.2 Å². The topological polar surface area (TPSA) is 90.2 Å². The Morgan fingerprint density at radius 3 is 2.85 bits per heavy atom. The zero-order chi connectivity index (χ0) is 14.1. The van der Waals surface area contributed by atoms with E-state index < -0.39 is 5.91 Å². The Hall–Kier alpha value is -2.08. The minimum Gasteiger partial charge on any atom is -0.494 e. The van der Waals surface area contributed by atoms with Gasteiger partial charge in [-0.2, -0.15) is 0 Å². The highest BCUT2D eigenvalue weighted by molar-refractivity contribution is 5.95. The second-order valence-electron chi connectivity index (χ2n) is 4.92. The standard InChI is InChI=1S/C14H17N3O3/c1-19-10-3-2-9(8-4-6-20-7-5-8)11-12(10)17-14(16-11)13(15)18/h2-3,8H,4-7H2,1H3,(H2,15,18)(H,16,17). The normalized spacial score (nSPS) is 16.4. The van der Waals surface area contributed by atoms with Crippen molar-refractivity contribution in [2.45, 2.75) is 18.8 Å². The van der Waals surface area contributed by atoms with Crippen molar-refractivity contribution < 1.29 is 14.3 Å². The van der Waals surface area contributed by atoms with E-state index in [1.807, 2.05) is 12.1 Å². The molecule has 1 aliphatic rings. The van der Waals surface area contributed by atoms with Crippen LogP contribution in [-0.4, -0.2) is 36.2 Å². The lowest BCUT2D eigenvalue weighted by Gasteiger charge is -2.22. The highest BCUT2D eigenvalue weighted by Gasteiger charge is 2.22. The number of nitrogens with zero attached hydrogens (tertiary/aromatic N) is 1. The summed E-state index contributed by atoms with van der Waals surface area (Å²) in [6.45, 7) is 1.51. The Labute approximate surface area is 116 Å². The molecule has 1 aromatic heterocycles. The summed E-state index contributed by atoms with van der Waals surface area (Å²) in [5.41, 5.74) is 7.92. The van der Waals surface area contributed by atoms with Crippen molar-refractivity contribution in [1.82, 2.24) is 9.97 Å². The van der Waals surface area contributed by atoms with E-state index in [0.717, 1.165) is 42.7 Å². The molecule has 1 amide bonds. The smallest absolute Gasteiger partial charge is 0.284 e. The van der Waals surface area contributed by atoms with Crippen LogP contribution in [0.1, 0.15) is 34.9 Å². The number of aromatic amines is 1. The Morgan fingerprint density at radius 2 is 2.20 bits per heavy atom. The van der Waals surface area contributed by atoms with Crippen LogP contribution in [0.3, 0.4) is 0 Å². The zero-order valence-electron chi connectivity index (χ0n) is 11.3. The SMILES string of the molecule is COc1ccc(C2CCOCC2)c2nc(C(N)=O)[nH]c12. The number of methoxy groups -OCH3 is 1. The van der Waals surface area contributed by atoms with E-state index in [2.05, 4.69) is 9.97 Å². The molecule has 6 heteroatoms. The van der Waals surface area contributed by atoms with Crippen LogP contribution in [0.25, 0.3) is 11.0 Å². The predicted molar refractivity (Wildman–Crippen MR) is 74.0 cm³/mol. The van der Waals surface area contributed by atoms with Crippen molar-refractivity contribution in [3.05, 3.63) is 23.5 Å². The zero-order valence-corrected chi connectivity index (χ0v) is 11.3. The van der Waals surface area contributed by atoms with Gasteiger partial charge in [-0.15, -0.1) is 0 Å². The molecule has 1 aromatic carbocycles. The first kappa shape index (κ1) is 12.9. The number of hydrogen-bond acceptors (Lipinski definition) is 4. The number of imidazole rings is 1. The van der Waals surface area contributed by atoms with Gasteiger partial charge in [0.25, 0.3) is 5.91 Å². The summed E-state index contributed by atoms with van der Waals surface area (Å²) < 4.78 is 10.7. The molecule has 0 atom stereocenters. The third-order valence-electron chi connectivity index (χ3n) is 3.75. The van der Waals surface area contributed by atoms with E-state index in [9.17, 15) is 4.79 Å². The third-order valence-corrected chi connectivity index (χ3v) is 3.75. The summed E-state index contributed by atoms with van der Waals surface area (Å²) in [5, 5.41) is 0. The first-order chi connectivity index (χ1) is 9.70. The highest BCUT2D eigenvalue weighted by atomic mass is 16.5. The van der Waals surface area contributed by atoms with Crippen LogP contribution in [0.15, 0.2) is 12.1 Å². The van der Waals surface area contributed by atoms with Gasteiger partial charge in [0.1, 0.15) is 11.3 Å². The number of primary amides is 1. The highest BCUT2D eigenvalue weighted by Crippen LogP contribution is 2.35. The van der Waals surface area contributed by atoms with Crippen molar-refractivity contribution >= 4 is 16.9 Å². The van der Waals surface area contributed by atoms with Gasteiger partial charge >= 0.3 is 0 Å². The summed E-state index contributed by atoms with van der Waals surface area (Å²) in [6, 6.07) is 3.92. The number of ether oxygens (including phenoxy) is 2. The lowest BCUT2D eigenvalue weighted by molar-refractivity contribution is 0.0855. The summed E-state index contributed by atoms with van der Waals surface area (Å²) in [7, 11) is 1.59. The van der Waals surface area contributed by atoms with Gasteiger partial charge in [-0.25, -0.2) is 4.98 Å². The van der Waals surface area contributed by atoms with Crippen LogP contribution in [0.5, 0.6) is 5.75 Å². The molecule has 0 bridgehead atoms. The monoisotopic (exact) mass is 275 g/mol. The number of nitrogens with two attached hydrogens (primary N) is 1. The van der Waals surface area contributed by atoms with Gasteiger partial charge in [0.05, 0.1) is 12.6 Å². The Bertz CT molecular complexity index is 644. The first-order valence-corrected chi connectivity index (χ1v) is 6.65. The summed E-state index contributed by atoms with van der Waals surface area (Å²) >= 11 is 0. The predicted octanol–water partition coefficient (Wildman–Crippen LogP) is 1.56. The number of nitrogens with one attached hydrogen (secondary N) is 1. The Kier molecular flexibility index (Phi) is 3.31. The molecule has 0 radical (unpaired) electrons. The molecule has 0 spiro atoms. The minimum atomic E-state index is -0.568. The molecule has 3 N–H and O–H groups in total. The van der Waals surface area contributed by atoms with Crippen molar-refractivity contribution in [3.63, 3.8) is 0 Å². The molecule has 1 aliphatic heterocycles. The fourth-order valence-electron chi connectivity index (χ4n) is 2.71.